The first-order valence-electron chi connectivity index (χ1n) is 10.1. The summed E-state index contributed by atoms with van der Waals surface area (Å²) < 4.78 is 6.58. The lowest BCUT2D eigenvalue weighted by Gasteiger charge is -2.19. The van der Waals surface area contributed by atoms with Gasteiger partial charge in [-0.25, -0.2) is 4.98 Å². The topological polar surface area (TPSA) is 96.5 Å². The third-order valence-corrected chi connectivity index (χ3v) is 5.45. The molecule has 1 N–H and O–H groups in total. The Morgan fingerprint density at radius 2 is 2.03 bits per heavy atom. The number of rotatable bonds is 7. The highest BCUT2D eigenvalue weighted by Gasteiger charge is 2.25. The lowest BCUT2D eigenvalue weighted by atomic mass is 10.1. The molecule has 1 amide bonds. The second-order valence-electron chi connectivity index (χ2n) is 7.23. The largest absolute Gasteiger partial charge is 0.459 e. The van der Waals surface area contributed by atoms with Crippen LogP contribution in [0.3, 0.4) is 0 Å². The number of aryl methyl sites for hydroxylation is 1. The summed E-state index contributed by atoms with van der Waals surface area (Å²) in [7, 11) is 0. The van der Waals surface area contributed by atoms with Crippen LogP contribution in [0.5, 0.6) is 0 Å². The lowest BCUT2D eigenvalue weighted by molar-refractivity contribution is 0.0956. The second kappa shape index (κ2) is 8.77. The fourth-order valence-electron chi connectivity index (χ4n) is 3.38. The number of anilines is 1. The van der Waals surface area contributed by atoms with Crippen molar-refractivity contribution >= 4 is 29.2 Å². The van der Waals surface area contributed by atoms with Gasteiger partial charge >= 0.3 is 0 Å². The van der Waals surface area contributed by atoms with Crippen LogP contribution in [-0.2, 0) is 13.0 Å². The number of carbonyl (C=O) groups excluding carboxylic acids is 1. The number of carbonyl (C=O) groups is 1. The minimum absolute atomic E-state index is 0.134. The first kappa shape index (κ1) is 20.9. The highest BCUT2D eigenvalue weighted by molar-refractivity contribution is 6.31. The molecule has 31 heavy (non-hydrogen) atoms. The summed E-state index contributed by atoms with van der Waals surface area (Å²) in [6, 6.07) is 10.4. The summed E-state index contributed by atoms with van der Waals surface area (Å²) >= 11 is 6.32. The van der Waals surface area contributed by atoms with Gasteiger partial charge in [-0.2, -0.15) is 9.50 Å². The molecule has 0 saturated heterocycles. The number of halogens is 1. The van der Waals surface area contributed by atoms with Gasteiger partial charge in [0.05, 0.1) is 18.5 Å². The molecule has 1 aromatic carbocycles. The Balaban J connectivity index is 1.80. The molecule has 0 aliphatic rings. The Bertz CT molecular complexity index is 1280. The minimum atomic E-state index is -0.417. The van der Waals surface area contributed by atoms with Gasteiger partial charge in [-0.1, -0.05) is 43.1 Å². The van der Waals surface area contributed by atoms with Crippen molar-refractivity contribution < 1.29 is 9.21 Å². The van der Waals surface area contributed by atoms with Gasteiger partial charge in [0.25, 0.3) is 17.2 Å². The molecular weight excluding hydrogens is 418 g/mol. The number of furan rings is 1. The molecule has 0 bridgehead atoms. The van der Waals surface area contributed by atoms with E-state index in [1.807, 2.05) is 18.2 Å². The third kappa shape index (κ3) is 4.11. The van der Waals surface area contributed by atoms with Crippen molar-refractivity contribution in [2.75, 3.05) is 4.90 Å². The third-order valence-electron chi connectivity index (χ3n) is 5.08. The molecule has 4 aromatic rings. The number of aromatic nitrogens is 4. The summed E-state index contributed by atoms with van der Waals surface area (Å²) in [4.78, 5) is 36.5. The Morgan fingerprint density at radius 3 is 2.74 bits per heavy atom. The molecule has 0 radical (unpaired) electrons. The molecule has 3 aromatic heterocycles. The maximum Gasteiger partial charge on any atom is 0.296 e. The monoisotopic (exact) mass is 439 g/mol. The van der Waals surface area contributed by atoms with E-state index < -0.39 is 5.91 Å². The van der Waals surface area contributed by atoms with Gasteiger partial charge in [0.1, 0.15) is 0 Å². The number of aromatic amines is 1. The summed E-state index contributed by atoms with van der Waals surface area (Å²) in [6.45, 7) is 4.01. The van der Waals surface area contributed by atoms with Crippen LogP contribution in [0.15, 0.2) is 51.9 Å². The van der Waals surface area contributed by atoms with Gasteiger partial charge < -0.3 is 4.42 Å². The number of amides is 1. The van der Waals surface area contributed by atoms with Crippen molar-refractivity contribution in [3.8, 4) is 0 Å². The zero-order valence-corrected chi connectivity index (χ0v) is 18.0. The fourth-order valence-corrected chi connectivity index (χ4v) is 3.57. The molecule has 0 unspecified atom stereocenters. The second-order valence-corrected chi connectivity index (χ2v) is 7.63. The molecule has 0 aliphatic heterocycles. The van der Waals surface area contributed by atoms with Gasteiger partial charge in [0, 0.05) is 10.6 Å². The van der Waals surface area contributed by atoms with Crippen LogP contribution in [0.2, 0.25) is 5.02 Å². The van der Waals surface area contributed by atoms with E-state index in [4.69, 9.17) is 16.0 Å². The highest BCUT2D eigenvalue weighted by Crippen LogP contribution is 2.22. The molecule has 0 atom stereocenters. The average Bonchev–Trinajstić information content (AvgIpc) is 3.43. The molecular formula is C22H22ClN5O3. The number of H-pyrrole nitrogens is 1. The molecule has 0 aliphatic carbocycles. The van der Waals surface area contributed by atoms with E-state index in [-0.39, 0.29) is 29.6 Å². The predicted octanol–water partition coefficient (Wildman–Crippen LogP) is 4.16. The quantitative estimate of drug-likeness (QED) is 0.466. The van der Waals surface area contributed by atoms with Gasteiger partial charge in [0.15, 0.2) is 5.76 Å². The van der Waals surface area contributed by atoms with Gasteiger partial charge in [0.2, 0.25) is 5.95 Å². The maximum absolute atomic E-state index is 13.2. The van der Waals surface area contributed by atoms with E-state index in [1.54, 1.807) is 25.1 Å². The molecule has 9 heteroatoms. The van der Waals surface area contributed by atoms with Gasteiger partial charge in [-0.05, 0) is 43.5 Å². The predicted molar refractivity (Wildman–Crippen MR) is 118 cm³/mol. The SMILES string of the molecule is CCCCc1c(C)nc2nc(N(Cc3ccccc3Cl)C(=O)c3ccco3)[nH]n2c1=O. The number of hydrogen-bond donors (Lipinski definition) is 1. The van der Waals surface area contributed by atoms with Crippen LogP contribution in [0.1, 0.15) is 47.1 Å². The van der Waals surface area contributed by atoms with Crippen LogP contribution < -0.4 is 10.5 Å². The highest BCUT2D eigenvalue weighted by atomic mass is 35.5. The van der Waals surface area contributed by atoms with Crippen molar-refractivity contribution in [1.29, 1.82) is 0 Å². The van der Waals surface area contributed by atoms with Crippen LogP contribution in [0, 0.1) is 6.92 Å². The summed E-state index contributed by atoms with van der Waals surface area (Å²) in [6.07, 6.45) is 3.93. The molecule has 8 nitrogen and oxygen atoms in total. The van der Waals surface area contributed by atoms with Crippen LogP contribution in [0.4, 0.5) is 5.95 Å². The Morgan fingerprint density at radius 1 is 1.23 bits per heavy atom. The number of unbranched alkanes of at least 4 members (excludes halogenated alkanes) is 1. The van der Waals surface area contributed by atoms with Crippen LogP contribution >= 0.6 is 11.6 Å². The van der Waals surface area contributed by atoms with Crippen LogP contribution in [0.25, 0.3) is 5.78 Å². The minimum Gasteiger partial charge on any atom is -0.459 e. The number of nitrogens with zero attached hydrogens (tertiary/aromatic N) is 4. The molecule has 3 heterocycles. The van der Waals surface area contributed by atoms with Crippen molar-refractivity contribution in [3.05, 3.63) is 80.6 Å². The summed E-state index contributed by atoms with van der Waals surface area (Å²) in [5.74, 6) is 0.111. The smallest absolute Gasteiger partial charge is 0.296 e. The molecule has 160 valence electrons. The zero-order chi connectivity index (χ0) is 22.0. The van der Waals surface area contributed by atoms with Crippen molar-refractivity contribution in [2.45, 2.75) is 39.7 Å². The van der Waals surface area contributed by atoms with Crippen molar-refractivity contribution in [1.82, 2.24) is 19.6 Å². The molecule has 0 saturated carbocycles. The Kier molecular flexibility index (Phi) is 5.90. The van der Waals surface area contributed by atoms with E-state index in [0.717, 1.165) is 18.4 Å². The van der Waals surface area contributed by atoms with E-state index in [0.29, 0.717) is 22.7 Å². The van der Waals surface area contributed by atoms with Crippen LogP contribution in [-0.4, -0.2) is 25.5 Å². The summed E-state index contributed by atoms with van der Waals surface area (Å²) in [5, 5.41) is 3.46. The number of nitrogens with one attached hydrogen (secondary N) is 1. The van der Waals surface area contributed by atoms with E-state index in [1.165, 1.54) is 15.7 Å². The van der Waals surface area contributed by atoms with Gasteiger partial charge in [-0.3, -0.25) is 19.6 Å². The summed E-state index contributed by atoms with van der Waals surface area (Å²) in [5.41, 5.74) is 1.80. The first-order valence-corrected chi connectivity index (χ1v) is 10.4. The normalized spacial score (nSPS) is 11.2. The van der Waals surface area contributed by atoms with Crippen molar-refractivity contribution in [3.63, 3.8) is 0 Å². The Hall–Kier alpha value is -3.39. The van der Waals surface area contributed by atoms with E-state index >= 15 is 0 Å². The molecule has 0 fully saturated rings. The lowest BCUT2D eigenvalue weighted by Crippen LogP contribution is -2.31. The average molecular weight is 440 g/mol. The first-order chi connectivity index (χ1) is 15.0. The number of fused-ring (bicyclic) bond motifs is 1. The number of benzene rings is 1. The maximum atomic E-state index is 13.2. The molecule has 0 spiro atoms. The Labute approximate surface area is 183 Å². The van der Waals surface area contributed by atoms with Gasteiger partial charge in [-0.15, -0.1) is 0 Å². The zero-order valence-electron chi connectivity index (χ0n) is 17.3. The van der Waals surface area contributed by atoms with E-state index in [2.05, 4.69) is 22.0 Å². The fraction of sp³-hybridized carbons (Fsp3) is 0.273. The van der Waals surface area contributed by atoms with E-state index in [9.17, 15) is 9.59 Å². The van der Waals surface area contributed by atoms with Crippen molar-refractivity contribution in [2.24, 2.45) is 0 Å². The molecule has 4 rings (SSSR count). The number of hydrogen-bond acceptors (Lipinski definition) is 5. The standard InChI is InChI=1S/C22H22ClN5O3/c1-3-4-9-16-14(2)24-21-25-22(26-28(21)19(16)29)27(20(30)18-11-7-12-31-18)13-15-8-5-6-10-17(15)23/h5-8,10-12H,3-4,9,13H2,1-2H3,(H,24,25,26).